The normalized spacial score (nSPS) is 27.7. The molecule has 2 aliphatic carbocycles. The molecule has 5 heteroatoms. The van der Waals surface area contributed by atoms with Crippen LogP contribution in [-0.2, 0) is 16.6 Å². The summed E-state index contributed by atoms with van der Waals surface area (Å²) in [6.45, 7) is -0.543. The van der Waals surface area contributed by atoms with Gasteiger partial charge in [0.1, 0.15) is 0 Å². The average Bonchev–Trinajstić information content (AvgIpc) is 2.98. The number of alkyl halides is 2. The molecule has 19 heavy (non-hydrogen) atoms. The molecule has 1 saturated carbocycles. The third kappa shape index (κ3) is 2.18. The maximum Gasteiger partial charge on any atom is 0.255 e. The summed E-state index contributed by atoms with van der Waals surface area (Å²) < 4.78 is 25.3. The molecule has 0 saturated heterocycles. The number of carbonyl (C=O) groups excluding carboxylic acids is 1. The van der Waals surface area contributed by atoms with E-state index in [4.69, 9.17) is 0 Å². The third-order valence-electron chi connectivity index (χ3n) is 4.27. The van der Waals surface area contributed by atoms with Crippen molar-refractivity contribution >= 4 is 21.8 Å². The summed E-state index contributed by atoms with van der Waals surface area (Å²) in [5, 5.41) is 2.34. The standard InChI is InChI=1S/C14H14BrF2NO/c15-9-1-2-10-8(5-9)3-4-14(10)6-11(14)13(19)18-7-12(16)17/h1-2,5,11-12H,3-4,6-7H2,(H,18,19)/t11-,14+/m1/s1. The minimum Gasteiger partial charge on any atom is -0.350 e. The zero-order valence-corrected chi connectivity index (χ0v) is 11.8. The lowest BCUT2D eigenvalue weighted by atomic mass is 9.95. The van der Waals surface area contributed by atoms with Gasteiger partial charge in [-0.2, -0.15) is 0 Å². The summed E-state index contributed by atoms with van der Waals surface area (Å²) in [6.07, 6.45) is 0.223. The van der Waals surface area contributed by atoms with E-state index in [2.05, 4.69) is 33.4 Å². The molecule has 0 heterocycles. The minimum atomic E-state index is -2.48. The highest BCUT2D eigenvalue weighted by molar-refractivity contribution is 9.10. The number of nitrogens with one attached hydrogen (secondary N) is 1. The van der Waals surface area contributed by atoms with Crippen molar-refractivity contribution in [2.75, 3.05) is 6.54 Å². The first-order chi connectivity index (χ1) is 9.03. The first kappa shape index (κ1) is 13.0. The van der Waals surface area contributed by atoms with E-state index in [1.165, 1.54) is 11.1 Å². The van der Waals surface area contributed by atoms with E-state index in [1.807, 2.05) is 6.07 Å². The molecule has 0 aliphatic heterocycles. The Hall–Kier alpha value is -0.970. The number of halogens is 3. The van der Waals surface area contributed by atoms with E-state index < -0.39 is 13.0 Å². The fraction of sp³-hybridized carbons (Fsp3) is 0.500. The summed E-state index contributed by atoms with van der Waals surface area (Å²) in [7, 11) is 0. The first-order valence-electron chi connectivity index (χ1n) is 6.38. The Labute approximate surface area is 118 Å². The molecule has 1 spiro atoms. The van der Waals surface area contributed by atoms with E-state index in [1.54, 1.807) is 0 Å². The zero-order chi connectivity index (χ0) is 13.6. The number of hydrogen-bond acceptors (Lipinski definition) is 1. The van der Waals surface area contributed by atoms with Crippen molar-refractivity contribution in [2.24, 2.45) is 5.92 Å². The molecule has 1 aromatic carbocycles. The molecule has 3 rings (SSSR count). The second-order valence-electron chi connectivity index (χ2n) is 5.35. The van der Waals surface area contributed by atoms with Crippen molar-refractivity contribution < 1.29 is 13.6 Å². The monoisotopic (exact) mass is 329 g/mol. The van der Waals surface area contributed by atoms with Crippen LogP contribution in [0.2, 0.25) is 0 Å². The van der Waals surface area contributed by atoms with Crippen LogP contribution in [0.15, 0.2) is 22.7 Å². The summed E-state index contributed by atoms with van der Waals surface area (Å²) in [5.74, 6) is -0.357. The largest absolute Gasteiger partial charge is 0.350 e. The van der Waals surface area contributed by atoms with Crippen LogP contribution in [0.3, 0.4) is 0 Å². The molecule has 1 aromatic rings. The maximum absolute atomic E-state index is 12.1. The first-order valence-corrected chi connectivity index (χ1v) is 7.17. The van der Waals surface area contributed by atoms with E-state index in [0.717, 1.165) is 23.7 Å². The number of carbonyl (C=O) groups is 1. The molecule has 2 aliphatic rings. The molecule has 0 unspecified atom stereocenters. The smallest absolute Gasteiger partial charge is 0.255 e. The lowest BCUT2D eigenvalue weighted by Gasteiger charge is -2.12. The molecule has 1 N–H and O–H groups in total. The van der Waals surface area contributed by atoms with Crippen LogP contribution in [0.25, 0.3) is 0 Å². The Morgan fingerprint density at radius 2 is 2.32 bits per heavy atom. The highest BCUT2D eigenvalue weighted by Gasteiger charge is 2.61. The third-order valence-corrected chi connectivity index (χ3v) is 4.76. The fourth-order valence-corrected chi connectivity index (χ4v) is 3.68. The fourth-order valence-electron chi connectivity index (χ4n) is 3.27. The van der Waals surface area contributed by atoms with E-state index in [-0.39, 0.29) is 17.2 Å². The lowest BCUT2D eigenvalue weighted by Crippen LogP contribution is -2.31. The predicted octanol–water partition coefficient (Wildman–Crippen LogP) is 3.03. The Kier molecular flexibility index (Phi) is 3.12. The number of rotatable bonds is 3. The maximum atomic E-state index is 12.1. The Morgan fingerprint density at radius 3 is 3.05 bits per heavy atom. The minimum absolute atomic E-state index is 0.0811. The molecule has 1 amide bonds. The van der Waals surface area contributed by atoms with Gasteiger partial charge in [-0.1, -0.05) is 22.0 Å². The van der Waals surface area contributed by atoms with E-state index in [9.17, 15) is 13.6 Å². The number of amides is 1. The number of benzene rings is 1. The quantitative estimate of drug-likeness (QED) is 0.907. The molecule has 2 nitrogen and oxygen atoms in total. The van der Waals surface area contributed by atoms with Gasteiger partial charge < -0.3 is 5.32 Å². The highest BCUT2D eigenvalue weighted by atomic mass is 79.9. The number of fused-ring (bicyclic) bond motifs is 2. The van der Waals surface area contributed by atoms with Gasteiger partial charge in [-0.05, 0) is 42.5 Å². The summed E-state index contributed by atoms with van der Waals surface area (Å²) in [5.41, 5.74) is 2.42. The van der Waals surface area contributed by atoms with Crippen molar-refractivity contribution in [3.05, 3.63) is 33.8 Å². The van der Waals surface area contributed by atoms with Crippen molar-refractivity contribution in [2.45, 2.75) is 31.1 Å². The van der Waals surface area contributed by atoms with Crippen LogP contribution >= 0.6 is 15.9 Å². The van der Waals surface area contributed by atoms with Crippen molar-refractivity contribution in [3.63, 3.8) is 0 Å². The topological polar surface area (TPSA) is 29.1 Å². The zero-order valence-electron chi connectivity index (χ0n) is 10.3. The second kappa shape index (κ2) is 4.54. The molecular formula is C14H14BrF2NO. The van der Waals surface area contributed by atoms with Crippen LogP contribution < -0.4 is 5.32 Å². The van der Waals surface area contributed by atoms with E-state index in [0.29, 0.717) is 0 Å². The molecule has 0 radical (unpaired) electrons. The van der Waals surface area contributed by atoms with Crippen molar-refractivity contribution in [3.8, 4) is 0 Å². The SMILES string of the molecule is O=C(NCC(F)F)[C@H]1C[C@]12CCc1cc(Br)ccc12. The second-order valence-corrected chi connectivity index (χ2v) is 6.27. The van der Waals surface area contributed by atoms with Gasteiger partial charge in [0.05, 0.1) is 6.54 Å². The summed E-state index contributed by atoms with van der Waals surface area (Å²) in [4.78, 5) is 11.9. The van der Waals surface area contributed by atoms with Crippen molar-refractivity contribution in [1.82, 2.24) is 5.32 Å². The summed E-state index contributed by atoms with van der Waals surface area (Å²) >= 11 is 3.45. The molecule has 0 aromatic heterocycles. The molecule has 1 fully saturated rings. The number of hydrogen-bond donors (Lipinski definition) is 1. The van der Waals surface area contributed by atoms with Crippen LogP contribution in [0.1, 0.15) is 24.0 Å². The van der Waals surface area contributed by atoms with Gasteiger partial charge in [-0.25, -0.2) is 8.78 Å². The molecule has 0 bridgehead atoms. The predicted molar refractivity (Wildman–Crippen MR) is 71.3 cm³/mol. The van der Waals surface area contributed by atoms with Crippen molar-refractivity contribution in [1.29, 1.82) is 0 Å². The van der Waals surface area contributed by atoms with E-state index >= 15 is 0 Å². The van der Waals surface area contributed by atoms with Crippen LogP contribution in [-0.4, -0.2) is 18.9 Å². The number of aryl methyl sites for hydroxylation is 1. The highest BCUT2D eigenvalue weighted by Crippen LogP contribution is 2.61. The Bertz CT molecular complexity index is 534. The van der Waals surface area contributed by atoms with Gasteiger partial charge in [-0.3, -0.25) is 4.79 Å². The molecule has 102 valence electrons. The van der Waals surface area contributed by atoms with Gasteiger partial charge in [0.15, 0.2) is 0 Å². The summed E-state index contributed by atoms with van der Waals surface area (Å²) in [6, 6.07) is 6.14. The van der Waals surface area contributed by atoms with Gasteiger partial charge in [0, 0.05) is 15.8 Å². The Morgan fingerprint density at radius 1 is 1.53 bits per heavy atom. The molecular weight excluding hydrogens is 316 g/mol. The van der Waals surface area contributed by atoms with Gasteiger partial charge in [0.2, 0.25) is 5.91 Å². The van der Waals surface area contributed by atoms with Crippen LogP contribution in [0, 0.1) is 5.92 Å². The Balaban J connectivity index is 1.74. The van der Waals surface area contributed by atoms with Crippen LogP contribution in [0.4, 0.5) is 8.78 Å². The lowest BCUT2D eigenvalue weighted by molar-refractivity contribution is -0.123. The molecule has 2 atom stereocenters. The van der Waals surface area contributed by atoms with Crippen LogP contribution in [0.5, 0.6) is 0 Å². The van der Waals surface area contributed by atoms with Gasteiger partial charge in [0.25, 0.3) is 6.43 Å². The van der Waals surface area contributed by atoms with Gasteiger partial charge >= 0.3 is 0 Å². The van der Waals surface area contributed by atoms with Gasteiger partial charge in [-0.15, -0.1) is 0 Å². The average molecular weight is 330 g/mol.